The van der Waals surface area contributed by atoms with Gasteiger partial charge in [-0.3, -0.25) is 9.59 Å². The van der Waals surface area contributed by atoms with Gasteiger partial charge in [-0.05, 0) is 43.7 Å². The summed E-state index contributed by atoms with van der Waals surface area (Å²) in [6.07, 6.45) is 0. The first-order valence-electron chi connectivity index (χ1n) is 7.03. The number of methoxy groups -OCH3 is 1. The third-order valence-corrected chi connectivity index (χ3v) is 3.44. The molecule has 0 fully saturated rings. The molecule has 1 unspecified atom stereocenters. The van der Waals surface area contributed by atoms with Crippen molar-refractivity contribution in [2.45, 2.75) is 19.9 Å². The van der Waals surface area contributed by atoms with E-state index < -0.39 is 6.04 Å². The number of hydrogen-bond donors (Lipinski definition) is 1. The maximum absolute atomic E-state index is 12.3. The van der Waals surface area contributed by atoms with Gasteiger partial charge in [-0.25, -0.2) is 0 Å². The zero-order valence-electron chi connectivity index (χ0n) is 12.9. The first-order chi connectivity index (χ1) is 10.5. The Morgan fingerprint density at radius 2 is 1.59 bits per heavy atom. The predicted molar refractivity (Wildman–Crippen MR) is 85.1 cm³/mol. The van der Waals surface area contributed by atoms with E-state index in [-0.39, 0.29) is 11.7 Å². The molecule has 0 aliphatic carbocycles. The highest BCUT2D eigenvalue weighted by Gasteiger charge is 2.19. The fraction of sp³-hybridized carbons (Fsp3) is 0.222. The van der Waals surface area contributed by atoms with Crippen molar-refractivity contribution in [3.8, 4) is 5.75 Å². The van der Waals surface area contributed by atoms with Gasteiger partial charge in [0.2, 0.25) is 0 Å². The van der Waals surface area contributed by atoms with E-state index in [0.29, 0.717) is 11.3 Å². The second-order valence-electron chi connectivity index (χ2n) is 5.16. The van der Waals surface area contributed by atoms with Gasteiger partial charge in [0.1, 0.15) is 11.8 Å². The van der Waals surface area contributed by atoms with E-state index in [4.69, 9.17) is 4.74 Å². The van der Waals surface area contributed by atoms with Crippen LogP contribution in [0.25, 0.3) is 0 Å². The number of carbonyl (C=O) groups is 2. The molecular weight excluding hydrogens is 278 g/mol. The van der Waals surface area contributed by atoms with Crippen LogP contribution in [-0.2, 0) is 4.79 Å². The fourth-order valence-electron chi connectivity index (χ4n) is 2.14. The number of benzene rings is 2. The summed E-state index contributed by atoms with van der Waals surface area (Å²) in [5.41, 5.74) is 2.37. The number of ether oxygens (including phenoxy) is 1. The number of carbonyl (C=O) groups excluding carboxylic acids is 2. The minimum absolute atomic E-state index is 0.106. The SMILES string of the molecule is COc1ccc(C(=O)NC(C(C)=O)c2ccc(C)cc2)cc1. The molecule has 1 amide bonds. The zero-order valence-corrected chi connectivity index (χ0v) is 12.9. The van der Waals surface area contributed by atoms with Crippen LogP contribution in [0.5, 0.6) is 5.75 Å². The van der Waals surface area contributed by atoms with Gasteiger partial charge in [-0.2, -0.15) is 0 Å². The third-order valence-electron chi connectivity index (χ3n) is 3.44. The Morgan fingerprint density at radius 3 is 2.09 bits per heavy atom. The number of nitrogens with one attached hydrogen (secondary N) is 1. The Morgan fingerprint density at radius 1 is 1.00 bits per heavy atom. The van der Waals surface area contributed by atoms with E-state index in [2.05, 4.69) is 5.32 Å². The molecule has 2 aromatic rings. The lowest BCUT2D eigenvalue weighted by Crippen LogP contribution is -2.32. The summed E-state index contributed by atoms with van der Waals surface area (Å²) in [6.45, 7) is 3.45. The van der Waals surface area contributed by atoms with Gasteiger partial charge in [0.15, 0.2) is 5.78 Å². The average molecular weight is 297 g/mol. The van der Waals surface area contributed by atoms with Crippen molar-refractivity contribution in [2.75, 3.05) is 7.11 Å². The monoisotopic (exact) mass is 297 g/mol. The number of rotatable bonds is 5. The van der Waals surface area contributed by atoms with Crippen LogP contribution in [0.4, 0.5) is 0 Å². The molecular formula is C18H19NO3. The topological polar surface area (TPSA) is 55.4 Å². The fourth-order valence-corrected chi connectivity index (χ4v) is 2.14. The van der Waals surface area contributed by atoms with E-state index in [1.165, 1.54) is 6.92 Å². The van der Waals surface area contributed by atoms with Gasteiger partial charge in [-0.1, -0.05) is 29.8 Å². The Labute approximate surface area is 130 Å². The lowest BCUT2D eigenvalue weighted by Gasteiger charge is -2.17. The molecule has 0 aromatic heterocycles. The molecule has 0 radical (unpaired) electrons. The van der Waals surface area contributed by atoms with E-state index in [0.717, 1.165) is 11.1 Å². The van der Waals surface area contributed by atoms with Crippen molar-refractivity contribution in [3.63, 3.8) is 0 Å². The standard InChI is InChI=1S/C18H19NO3/c1-12-4-6-14(7-5-12)17(13(2)20)19-18(21)15-8-10-16(22-3)11-9-15/h4-11,17H,1-3H3,(H,19,21). The molecule has 0 heterocycles. The third kappa shape index (κ3) is 3.73. The number of amides is 1. The molecule has 0 aliphatic heterocycles. The van der Waals surface area contributed by atoms with Gasteiger partial charge >= 0.3 is 0 Å². The Hall–Kier alpha value is -2.62. The van der Waals surface area contributed by atoms with Crippen LogP contribution in [0.3, 0.4) is 0 Å². The summed E-state index contributed by atoms with van der Waals surface area (Å²) >= 11 is 0. The van der Waals surface area contributed by atoms with E-state index in [1.54, 1.807) is 31.4 Å². The van der Waals surface area contributed by atoms with Gasteiger partial charge < -0.3 is 10.1 Å². The van der Waals surface area contributed by atoms with Crippen molar-refractivity contribution in [3.05, 3.63) is 65.2 Å². The van der Waals surface area contributed by atoms with Crippen molar-refractivity contribution < 1.29 is 14.3 Å². The summed E-state index contributed by atoms with van der Waals surface area (Å²) in [7, 11) is 1.57. The van der Waals surface area contributed by atoms with Crippen LogP contribution in [-0.4, -0.2) is 18.8 Å². The number of ketones is 1. The zero-order chi connectivity index (χ0) is 16.1. The smallest absolute Gasteiger partial charge is 0.252 e. The molecule has 0 spiro atoms. The Bertz CT molecular complexity index is 660. The highest BCUT2D eigenvalue weighted by molar-refractivity contribution is 5.97. The Balaban J connectivity index is 2.18. The van der Waals surface area contributed by atoms with Crippen molar-refractivity contribution in [1.82, 2.24) is 5.32 Å². The molecule has 0 saturated heterocycles. The molecule has 114 valence electrons. The van der Waals surface area contributed by atoms with Gasteiger partial charge in [0.05, 0.1) is 7.11 Å². The van der Waals surface area contributed by atoms with Crippen LogP contribution in [0.2, 0.25) is 0 Å². The van der Waals surface area contributed by atoms with E-state index in [9.17, 15) is 9.59 Å². The lowest BCUT2D eigenvalue weighted by molar-refractivity contribution is -0.118. The second kappa shape index (κ2) is 6.89. The normalized spacial score (nSPS) is 11.6. The van der Waals surface area contributed by atoms with Crippen LogP contribution >= 0.6 is 0 Å². The summed E-state index contributed by atoms with van der Waals surface area (Å²) in [6, 6.07) is 13.7. The molecule has 0 bridgehead atoms. The second-order valence-corrected chi connectivity index (χ2v) is 5.16. The summed E-state index contributed by atoms with van der Waals surface area (Å²) in [4.78, 5) is 24.2. The minimum Gasteiger partial charge on any atom is -0.497 e. The van der Waals surface area contributed by atoms with Crippen molar-refractivity contribution in [1.29, 1.82) is 0 Å². The number of Topliss-reactive ketones (excluding diaryl/α,β-unsaturated/α-hetero) is 1. The van der Waals surface area contributed by atoms with Crippen LogP contribution in [0.1, 0.15) is 34.5 Å². The van der Waals surface area contributed by atoms with Crippen molar-refractivity contribution >= 4 is 11.7 Å². The highest BCUT2D eigenvalue weighted by atomic mass is 16.5. The average Bonchev–Trinajstić information content (AvgIpc) is 2.53. The molecule has 22 heavy (non-hydrogen) atoms. The molecule has 4 nitrogen and oxygen atoms in total. The van der Waals surface area contributed by atoms with Crippen molar-refractivity contribution in [2.24, 2.45) is 0 Å². The number of hydrogen-bond acceptors (Lipinski definition) is 3. The Kier molecular flexibility index (Phi) is 4.94. The van der Waals surface area contributed by atoms with E-state index in [1.807, 2.05) is 31.2 Å². The molecule has 2 aromatic carbocycles. The largest absolute Gasteiger partial charge is 0.497 e. The van der Waals surface area contributed by atoms with E-state index >= 15 is 0 Å². The first-order valence-corrected chi connectivity index (χ1v) is 7.03. The van der Waals surface area contributed by atoms with Gasteiger partial charge in [0.25, 0.3) is 5.91 Å². The summed E-state index contributed by atoms with van der Waals surface area (Å²) in [5, 5.41) is 2.78. The molecule has 0 saturated carbocycles. The predicted octanol–water partition coefficient (Wildman–Crippen LogP) is 3.06. The summed E-state index contributed by atoms with van der Waals surface area (Å²) in [5.74, 6) is 0.285. The molecule has 4 heteroatoms. The molecule has 2 rings (SSSR count). The summed E-state index contributed by atoms with van der Waals surface area (Å²) < 4.78 is 5.06. The minimum atomic E-state index is -0.643. The van der Waals surface area contributed by atoms with Gasteiger partial charge in [0, 0.05) is 5.56 Å². The molecule has 1 atom stereocenters. The van der Waals surface area contributed by atoms with Crippen LogP contribution in [0, 0.1) is 6.92 Å². The van der Waals surface area contributed by atoms with Gasteiger partial charge in [-0.15, -0.1) is 0 Å². The number of aryl methyl sites for hydroxylation is 1. The highest BCUT2D eigenvalue weighted by Crippen LogP contribution is 2.17. The first kappa shape index (κ1) is 15.8. The maximum atomic E-state index is 12.3. The molecule has 1 N–H and O–H groups in total. The van der Waals surface area contributed by atoms with Crippen LogP contribution in [0.15, 0.2) is 48.5 Å². The molecule has 0 aliphatic rings. The van der Waals surface area contributed by atoms with Crippen LogP contribution < -0.4 is 10.1 Å². The quantitative estimate of drug-likeness (QED) is 0.922. The maximum Gasteiger partial charge on any atom is 0.252 e. The lowest BCUT2D eigenvalue weighted by atomic mass is 10.0.